The van der Waals surface area contributed by atoms with Crippen molar-refractivity contribution in [2.45, 2.75) is 33.1 Å². The summed E-state index contributed by atoms with van der Waals surface area (Å²) in [4.78, 5) is 18.7. The molecule has 7 heteroatoms. The number of alkyl halides is 2. The van der Waals surface area contributed by atoms with Gasteiger partial charge in [0.1, 0.15) is 12.4 Å². The average molecular weight is 386 g/mol. The molecule has 0 bridgehead atoms. The molecule has 1 N–H and O–H groups in total. The molecular formula is C12H17F2IN2O2. The zero-order valence-corrected chi connectivity index (χ0v) is 13.0. The Kier molecular flexibility index (Phi) is 6.84. The summed E-state index contributed by atoms with van der Waals surface area (Å²) in [5.74, 6) is 0.876. The van der Waals surface area contributed by atoms with Gasteiger partial charge in [-0.1, -0.05) is 13.8 Å². The number of H-pyrrole nitrogens is 1. The maximum Gasteiger partial charge on any atom is 0.264 e. The highest BCUT2D eigenvalue weighted by atomic mass is 127. The molecule has 108 valence electrons. The summed E-state index contributed by atoms with van der Waals surface area (Å²) in [5, 5.41) is 0. The van der Waals surface area contributed by atoms with Gasteiger partial charge in [-0.15, -0.1) is 0 Å². The Labute approximate surface area is 124 Å². The molecule has 0 atom stereocenters. The minimum absolute atomic E-state index is 0.120. The molecule has 0 saturated heterocycles. The molecule has 1 aromatic rings. The van der Waals surface area contributed by atoms with Crippen molar-refractivity contribution < 1.29 is 13.5 Å². The largest absolute Gasteiger partial charge is 0.375 e. The van der Waals surface area contributed by atoms with Crippen LogP contribution < -0.4 is 5.56 Å². The van der Waals surface area contributed by atoms with Crippen molar-refractivity contribution in [2.75, 3.05) is 13.2 Å². The summed E-state index contributed by atoms with van der Waals surface area (Å²) >= 11 is 1.97. The van der Waals surface area contributed by atoms with Crippen LogP contribution in [0.2, 0.25) is 0 Å². The number of nitrogens with zero attached hydrogens (tertiary/aromatic N) is 1. The number of hydrogen-bond acceptors (Lipinski definition) is 3. The van der Waals surface area contributed by atoms with Crippen molar-refractivity contribution in [1.82, 2.24) is 9.97 Å². The fourth-order valence-corrected chi connectivity index (χ4v) is 2.01. The lowest BCUT2D eigenvalue weighted by molar-refractivity contribution is 0.0182. The van der Waals surface area contributed by atoms with Gasteiger partial charge in [0.15, 0.2) is 0 Å². The van der Waals surface area contributed by atoms with E-state index in [1.807, 2.05) is 36.4 Å². The molecule has 0 saturated carbocycles. The van der Waals surface area contributed by atoms with Crippen LogP contribution in [0.3, 0.4) is 0 Å². The third-order valence-corrected chi connectivity index (χ3v) is 3.42. The van der Waals surface area contributed by atoms with Gasteiger partial charge in [-0.05, 0) is 34.9 Å². The molecular weight excluding hydrogens is 369 g/mol. The van der Waals surface area contributed by atoms with Gasteiger partial charge in [0.05, 0.1) is 15.9 Å². The van der Waals surface area contributed by atoms with E-state index in [1.165, 1.54) is 0 Å². The Bertz CT molecular complexity index is 464. The van der Waals surface area contributed by atoms with Crippen molar-refractivity contribution in [2.24, 2.45) is 5.92 Å². The van der Waals surface area contributed by atoms with Crippen LogP contribution in [0, 0.1) is 9.49 Å². The summed E-state index contributed by atoms with van der Waals surface area (Å²) < 4.78 is 29.1. The summed E-state index contributed by atoms with van der Waals surface area (Å²) in [6.07, 6.45) is -1.43. The first-order valence-electron chi connectivity index (χ1n) is 6.03. The Hall–Kier alpha value is -0.570. The smallest absolute Gasteiger partial charge is 0.264 e. The van der Waals surface area contributed by atoms with E-state index < -0.39 is 13.0 Å². The third kappa shape index (κ3) is 5.94. The quantitative estimate of drug-likeness (QED) is 0.579. The van der Waals surface area contributed by atoms with Crippen LogP contribution in [0.15, 0.2) is 4.79 Å². The Balaban J connectivity index is 2.68. The molecule has 1 aromatic heterocycles. The third-order valence-electron chi connectivity index (χ3n) is 2.31. The van der Waals surface area contributed by atoms with E-state index in [0.717, 1.165) is 5.69 Å². The predicted molar refractivity (Wildman–Crippen MR) is 76.6 cm³/mol. The molecule has 0 unspecified atom stereocenters. The van der Waals surface area contributed by atoms with Crippen molar-refractivity contribution in [3.05, 3.63) is 25.4 Å². The molecule has 0 aliphatic rings. The van der Waals surface area contributed by atoms with Crippen LogP contribution in [-0.2, 0) is 17.6 Å². The van der Waals surface area contributed by atoms with Crippen LogP contribution in [0.25, 0.3) is 0 Å². The highest BCUT2D eigenvalue weighted by molar-refractivity contribution is 14.1. The maximum atomic E-state index is 11.9. The molecule has 0 aliphatic heterocycles. The van der Waals surface area contributed by atoms with Crippen LogP contribution >= 0.6 is 22.6 Å². The molecule has 0 spiro atoms. The first-order valence-corrected chi connectivity index (χ1v) is 7.11. The minimum Gasteiger partial charge on any atom is -0.375 e. The molecule has 1 heterocycles. The van der Waals surface area contributed by atoms with Crippen molar-refractivity contribution in [3.63, 3.8) is 0 Å². The van der Waals surface area contributed by atoms with Gasteiger partial charge in [-0.3, -0.25) is 4.79 Å². The Morgan fingerprint density at radius 2 is 2.11 bits per heavy atom. The normalized spacial score (nSPS) is 11.5. The summed E-state index contributed by atoms with van der Waals surface area (Å²) in [5.41, 5.74) is 0.568. The summed E-state index contributed by atoms with van der Waals surface area (Å²) in [6.45, 7) is 3.62. The topological polar surface area (TPSA) is 55.0 Å². The lowest BCUT2D eigenvalue weighted by Gasteiger charge is -2.09. The second kappa shape index (κ2) is 7.88. The number of rotatable bonds is 7. The molecule has 0 amide bonds. The van der Waals surface area contributed by atoms with Gasteiger partial charge in [0, 0.05) is 6.42 Å². The first-order chi connectivity index (χ1) is 8.90. The van der Waals surface area contributed by atoms with E-state index in [2.05, 4.69) is 9.97 Å². The van der Waals surface area contributed by atoms with E-state index >= 15 is 0 Å². The number of aromatic amines is 1. The van der Waals surface area contributed by atoms with Gasteiger partial charge in [-0.25, -0.2) is 13.8 Å². The van der Waals surface area contributed by atoms with Gasteiger partial charge in [0.2, 0.25) is 0 Å². The zero-order chi connectivity index (χ0) is 14.4. The van der Waals surface area contributed by atoms with Crippen LogP contribution in [0.4, 0.5) is 8.78 Å². The highest BCUT2D eigenvalue weighted by Crippen LogP contribution is 2.10. The molecule has 1 rings (SSSR count). The highest BCUT2D eigenvalue weighted by Gasteiger charge is 2.11. The van der Waals surface area contributed by atoms with Gasteiger partial charge in [0.25, 0.3) is 12.0 Å². The van der Waals surface area contributed by atoms with E-state index in [1.54, 1.807) is 0 Å². The Morgan fingerprint density at radius 3 is 2.68 bits per heavy atom. The standard InChI is InChI=1S/C12H17F2IN2O2/c1-7(2)5-8-11(15)12(18)17-10(16-8)3-4-19-6-9(13)14/h7,9H,3-6H2,1-2H3,(H,16,17,18). The molecule has 0 aromatic carbocycles. The van der Waals surface area contributed by atoms with E-state index in [0.29, 0.717) is 28.2 Å². The second-order valence-electron chi connectivity index (χ2n) is 4.59. The Morgan fingerprint density at radius 1 is 1.42 bits per heavy atom. The van der Waals surface area contributed by atoms with Crippen LogP contribution in [-0.4, -0.2) is 29.6 Å². The van der Waals surface area contributed by atoms with E-state index in [-0.39, 0.29) is 12.2 Å². The number of hydrogen-bond donors (Lipinski definition) is 1. The van der Waals surface area contributed by atoms with Gasteiger partial charge in [-0.2, -0.15) is 0 Å². The van der Waals surface area contributed by atoms with Crippen LogP contribution in [0.1, 0.15) is 25.4 Å². The molecule has 19 heavy (non-hydrogen) atoms. The lowest BCUT2D eigenvalue weighted by atomic mass is 10.1. The van der Waals surface area contributed by atoms with Gasteiger partial charge >= 0.3 is 0 Å². The fourth-order valence-electron chi connectivity index (χ4n) is 1.54. The molecule has 4 nitrogen and oxygen atoms in total. The monoisotopic (exact) mass is 386 g/mol. The predicted octanol–water partition coefficient (Wildman–Crippen LogP) is 2.40. The van der Waals surface area contributed by atoms with E-state index in [4.69, 9.17) is 4.74 Å². The summed E-state index contributed by atoms with van der Waals surface area (Å²) in [7, 11) is 0. The fraction of sp³-hybridized carbons (Fsp3) is 0.667. The minimum atomic E-state index is -2.47. The van der Waals surface area contributed by atoms with Gasteiger partial charge < -0.3 is 9.72 Å². The number of aromatic nitrogens is 2. The first kappa shape index (κ1) is 16.5. The second-order valence-corrected chi connectivity index (χ2v) is 5.67. The number of ether oxygens (including phenoxy) is 1. The SMILES string of the molecule is CC(C)Cc1nc(CCOCC(F)F)[nH]c(=O)c1I. The van der Waals surface area contributed by atoms with Crippen molar-refractivity contribution in [3.8, 4) is 0 Å². The van der Waals surface area contributed by atoms with Crippen LogP contribution in [0.5, 0.6) is 0 Å². The number of halogens is 3. The van der Waals surface area contributed by atoms with E-state index in [9.17, 15) is 13.6 Å². The number of nitrogens with one attached hydrogen (secondary N) is 1. The maximum absolute atomic E-state index is 11.9. The molecule has 0 fully saturated rings. The molecule has 0 aliphatic carbocycles. The average Bonchev–Trinajstić information content (AvgIpc) is 2.30. The lowest BCUT2D eigenvalue weighted by Crippen LogP contribution is -2.20. The molecule has 0 radical (unpaired) electrons. The summed E-state index contributed by atoms with van der Waals surface area (Å²) in [6, 6.07) is 0. The van der Waals surface area contributed by atoms with Crippen molar-refractivity contribution >= 4 is 22.6 Å². The zero-order valence-electron chi connectivity index (χ0n) is 10.9. The van der Waals surface area contributed by atoms with Crippen molar-refractivity contribution in [1.29, 1.82) is 0 Å².